The average molecular weight is 272 g/mol. The molecule has 1 atom stereocenters. The van der Waals surface area contributed by atoms with Gasteiger partial charge in [0.2, 0.25) is 11.7 Å². The van der Waals surface area contributed by atoms with E-state index in [1.54, 1.807) is 6.92 Å². The van der Waals surface area contributed by atoms with Gasteiger partial charge in [0.15, 0.2) is 0 Å². The number of benzene rings is 1. The predicted molar refractivity (Wildman–Crippen MR) is 76.7 cm³/mol. The number of hydrogen-bond acceptors (Lipinski definition) is 4. The van der Waals surface area contributed by atoms with Crippen LogP contribution in [0.3, 0.4) is 0 Å². The molecule has 20 heavy (non-hydrogen) atoms. The lowest BCUT2D eigenvalue weighted by Crippen LogP contribution is -2.00. The summed E-state index contributed by atoms with van der Waals surface area (Å²) < 4.78 is 5.12. The Balaban J connectivity index is 1.70. The standard InChI is InChI=1S/C16H20N2O2/c1-12(14-9-4-3-5-10-14)8-6-7-11-15(19)16-18-17-13(2)20-16/h3-5,9-10,12H,6-8,11H2,1-2H3. The van der Waals surface area contributed by atoms with Crippen LogP contribution in [0.15, 0.2) is 34.7 Å². The first-order valence-electron chi connectivity index (χ1n) is 7.05. The minimum atomic E-state index is -0.0574. The summed E-state index contributed by atoms with van der Waals surface area (Å²) in [7, 11) is 0. The SMILES string of the molecule is Cc1nnc(C(=O)CCCCC(C)c2ccccc2)o1. The summed E-state index contributed by atoms with van der Waals surface area (Å²) in [5, 5.41) is 7.41. The molecule has 0 N–H and O–H groups in total. The molecule has 0 aliphatic heterocycles. The Morgan fingerprint density at radius 2 is 1.95 bits per heavy atom. The number of unbranched alkanes of at least 4 members (excludes halogenated alkanes) is 1. The van der Waals surface area contributed by atoms with Gasteiger partial charge in [-0.3, -0.25) is 4.79 Å². The lowest BCUT2D eigenvalue weighted by molar-refractivity contribution is 0.0944. The predicted octanol–water partition coefficient (Wildman–Crippen LogP) is 3.92. The number of carbonyl (C=O) groups excluding carboxylic acids is 1. The van der Waals surface area contributed by atoms with Gasteiger partial charge < -0.3 is 4.42 Å². The molecule has 1 unspecified atom stereocenters. The van der Waals surface area contributed by atoms with Gasteiger partial charge in [-0.05, 0) is 24.3 Å². The van der Waals surface area contributed by atoms with Crippen molar-refractivity contribution < 1.29 is 9.21 Å². The molecule has 0 bridgehead atoms. The molecule has 1 heterocycles. The van der Waals surface area contributed by atoms with Crippen LogP contribution in [0, 0.1) is 6.92 Å². The van der Waals surface area contributed by atoms with E-state index >= 15 is 0 Å². The van der Waals surface area contributed by atoms with Crippen LogP contribution in [-0.2, 0) is 0 Å². The third kappa shape index (κ3) is 4.02. The van der Waals surface area contributed by atoms with Gasteiger partial charge in [-0.1, -0.05) is 43.7 Å². The van der Waals surface area contributed by atoms with Gasteiger partial charge in [-0.2, -0.15) is 0 Å². The Labute approximate surface area is 119 Å². The van der Waals surface area contributed by atoms with E-state index < -0.39 is 0 Å². The van der Waals surface area contributed by atoms with Crippen molar-refractivity contribution >= 4 is 5.78 Å². The number of hydrogen-bond donors (Lipinski definition) is 0. The molecule has 4 heteroatoms. The highest BCUT2D eigenvalue weighted by molar-refractivity contribution is 5.91. The molecule has 4 nitrogen and oxygen atoms in total. The van der Waals surface area contributed by atoms with Crippen molar-refractivity contribution in [2.75, 3.05) is 0 Å². The number of carbonyl (C=O) groups is 1. The zero-order valence-corrected chi connectivity index (χ0v) is 12.0. The Morgan fingerprint density at radius 1 is 1.20 bits per heavy atom. The lowest BCUT2D eigenvalue weighted by Gasteiger charge is -2.10. The van der Waals surface area contributed by atoms with Crippen LogP contribution in [0.4, 0.5) is 0 Å². The van der Waals surface area contributed by atoms with Crippen molar-refractivity contribution in [1.82, 2.24) is 10.2 Å². The van der Waals surface area contributed by atoms with Crippen molar-refractivity contribution in [3.05, 3.63) is 47.7 Å². The Hall–Kier alpha value is -1.97. The molecule has 0 aliphatic rings. The Morgan fingerprint density at radius 3 is 2.60 bits per heavy atom. The molecular formula is C16H20N2O2. The maximum Gasteiger partial charge on any atom is 0.283 e. The van der Waals surface area contributed by atoms with Crippen molar-refractivity contribution in [3.8, 4) is 0 Å². The van der Waals surface area contributed by atoms with Gasteiger partial charge in [0.1, 0.15) is 0 Å². The van der Waals surface area contributed by atoms with E-state index in [1.165, 1.54) is 5.56 Å². The molecule has 0 spiro atoms. The molecule has 0 aliphatic carbocycles. The number of Topliss-reactive ketones (excluding diaryl/α,β-unsaturated/α-hetero) is 1. The summed E-state index contributed by atoms with van der Waals surface area (Å²) in [5.41, 5.74) is 1.35. The highest BCUT2D eigenvalue weighted by Gasteiger charge is 2.13. The molecule has 1 aromatic heterocycles. The third-order valence-corrected chi connectivity index (χ3v) is 3.42. The fourth-order valence-electron chi connectivity index (χ4n) is 2.20. The molecule has 106 valence electrons. The molecule has 0 amide bonds. The topological polar surface area (TPSA) is 56.0 Å². The minimum Gasteiger partial charge on any atom is -0.419 e. The lowest BCUT2D eigenvalue weighted by atomic mass is 9.95. The summed E-state index contributed by atoms with van der Waals surface area (Å²) in [6, 6.07) is 10.5. The van der Waals surface area contributed by atoms with E-state index in [0.717, 1.165) is 19.3 Å². The number of aromatic nitrogens is 2. The van der Waals surface area contributed by atoms with Gasteiger partial charge in [-0.25, -0.2) is 0 Å². The number of aryl methyl sites for hydroxylation is 1. The quantitative estimate of drug-likeness (QED) is 0.566. The van der Waals surface area contributed by atoms with Gasteiger partial charge in [-0.15, -0.1) is 10.2 Å². The average Bonchev–Trinajstić information content (AvgIpc) is 2.91. The van der Waals surface area contributed by atoms with Crippen molar-refractivity contribution in [2.24, 2.45) is 0 Å². The molecular weight excluding hydrogens is 252 g/mol. The first-order chi connectivity index (χ1) is 9.66. The van der Waals surface area contributed by atoms with E-state index in [1.807, 2.05) is 6.07 Å². The van der Waals surface area contributed by atoms with Gasteiger partial charge >= 0.3 is 0 Å². The summed E-state index contributed by atoms with van der Waals surface area (Å²) in [4.78, 5) is 11.8. The molecule has 2 aromatic rings. The minimum absolute atomic E-state index is 0.0574. The number of ketones is 1. The highest BCUT2D eigenvalue weighted by Crippen LogP contribution is 2.21. The zero-order chi connectivity index (χ0) is 14.4. The Bertz CT molecular complexity index is 549. The maximum atomic E-state index is 11.8. The second-order valence-electron chi connectivity index (χ2n) is 5.11. The largest absolute Gasteiger partial charge is 0.419 e. The molecule has 0 saturated carbocycles. The highest BCUT2D eigenvalue weighted by atomic mass is 16.4. The van der Waals surface area contributed by atoms with E-state index in [4.69, 9.17) is 4.42 Å². The van der Waals surface area contributed by atoms with E-state index in [9.17, 15) is 4.79 Å². The van der Waals surface area contributed by atoms with Crippen LogP contribution in [-0.4, -0.2) is 16.0 Å². The molecule has 2 rings (SSSR count). The Kier molecular flexibility index (Phi) is 5.04. The summed E-state index contributed by atoms with van der Waals surface area (Å²) in [6.07, 6.45) is 3.44. The smallest absolute Gasteiger partial charge is 0.283 e. The zero-order valence-electron chi connectivity index (χ0n) is 12.0. The molecule has 0 saturated heterocycles. The van der Waals surface area contributed by atoms with Gasteiger partial charge in [0, 0.05) is 13.3 Å². The van der Waals surface area contributed by atoms with Crippen molar-refractivity contribution in [1.29, 1.82) is 0 Å². The summed E-state index contributed by atoms with van der Waals surface area (Å²) in [6.45, 7) is 3.91. The molecule has 1 aromatic carbocycles. The second-order valence-corrected chi connectivity index (χ2v) is 5.11. The van der Waals surface area contributed by atoms with Gasteiger partial charge in [0.25, 0.3) is 5.89 Å². The van der Waals surface area contributed by atoms with Crippen LogP contribution < -0.4 is 0 Å². The fourth-order valence-corrected chi connectivity index (χ4v) is 2.20. The summed E-state index contributed by atoms with van der Waals surface area (Å²) >= 11 is 0. The third-order valence-electron chi connectivity index (χ3n) is 3.42. The van der Waals surface area contributed by atoms with Crippen LogP contribution in [0.1, 0.15) is 60.7 Å². The van der Waals surface area contributed by atoms with Crippen molar-refractivity contribution in [2.45, 2.75) is 45.4 Å². The van der Waals surface area contributed by atoms with Crippen LogP contribution in [0.2, 0.25) is 0 Å². The molecule has 0 radical (unpaired) electrons. The van der Waals surface area contributed by atoms with E-state index in [-0.39, 0.29) is 11.7 Å². The van der Waals surface area contributed by atoms with Crippen molar-refractivity contribution in [3.63, 3.8) is 0 Å². The molecule has 0 fully saturated rings. The van der Waals surface area contributed by atoms with Gasteiger partial charge in [0.05, 0.1) is 0 Å². The number of nitrogens with zero attached hydrogens (tertiary/aromatic N) is 2. The first-order valence-corrected chi connectivity index (χ1v) is 7.05. The van der Waals surface area contributed by atoms with E-state index in [0.29, 0.717) is 18.2 Å². The van der Waals surface area contributed by atoms with E-state index in [2.05, 4.69) is 41.4 Å². The van der Waals surface area contributed by atoms with Crippen LogP contribution in [0.25, 0.3) is 0 Å². The fraction of sp³-hybridized carbons (Fsp3) is 0.438. The normalized spacial score (nSPS) is 12.3. The number of rotatable bonds is 7. The first kappa shape index (κ1) is 14.4. The monoisotopic (exact) mass is 272 g/mol. The summed E-state index contributed by atoms with van der Waals surface area (Å²) in [5.74, 6) is 1.04. The van der Waals surface area contributed by atoms with Crippen LogP contribution in [0.5, 0.6) is 0 Å². The maximum absolute atomic E-state index is 11.8. The van der Waals surface area contributed by atoms with Crippen LogP contribution >= 0.6 is 0 Å². The second kappa shape index (κ2) is 6.98.